The number of rotatable bonds is 11. The molecule has 7 heteroatoms. The number of nitrogens with one attached hydrogen (secondary N) is 1. The highest BCUT2D eigenvalue weighted by Gasteiger charge is 2.23. The highest BCUT2D eigenvalue weighted by Crippen LogP contribution is 2.28. The predicted octanol–water partition coefficient (Wildman–Crippen LogP) is 5.66. The molecule has 0 saturated carbocycles. The van der Waals surface area contributed by atoms with Crippen LogP contribution in [-0.2, 0) is 24.3 Å². The van der Waals surface area contributed by atoms with Gasteiger partial charge in [0.05, 0.1) is 36.3 Å². The summed E-state index contributed by atoms with van der Waals surface area (Å²) in [5, 5.41) is 2.61. The van der Waals surface area contributed by atoms with Crippen molar-refractivity contribution in [2.24, 2.45) is 5.92 Å². The molecular formula is C27H34FN3O2S. The summed E-state index contributed by atoms with van der Waals surface area (Å²) in [6.45, 7) is 8.90. The molecule has 2 atom stereocenters. The van der Waals surface area contributed by atoms with Crippen molar-refractivity contribution < 1.29 is 13.9 Å². The Morgan fingerprint density at radius 2 is 1.88 bits per heavy atom. The Hall–Kier alpha value is -2.80. The van der Waals surface area contributed by atoms with E-state index in [0.717, 1.165) is 23.4 Å². The number of benzene rings is 2. The van der Waals surface area contributed by atoms with Gasteiger partial charge in [-0.3, -0.25) is 9.36 Å². The Morgan fingerprint density at radius 3 is 2.53 bits per heavy atom. The Bertz CT molecular complexity index is 1100. The van der Waals surface area contributed by atoms with Gasteiger partial charge >= 0.3 is 0 Å². The topological polar surface area (TPSA) is 56.1 Å². The summed E-state index contributed by atoms with van der Waals surface area (Å²) in [4.78, 5) is 17.3. The second kappa shape index (κ2) is 12.1. The maximum Gasteiger partial charge on any atom is 0.297 e. The van der Waals surface area contributed by atoms with Crippen molar-refractivity contribution in [1.29, 1.82) is 0 Å². The van der Waals surface area contributed by atoms with Gasteiger partial charge in [-0.15, -0.1) is 0 Å². The van der Waals surface area contributed by atoms with E-state index in [1.165, 1.54) is 0 Å². The highest BCUT2D eigenvalue weighted by atomic mass is 32.1. The SMILES string of the molecule is CCOc1nc(CC)c(CNC(=O)[C@@H](S)[C@H](C)CC)n1Cc1cccc(-c2ccccc2)c1F. The van der Waals surface area contributed by atoms with Crippen molar-refractivity contribution in [2.45, 2.75) is 58.9 Å². The van der Waals surface area contributed by atoms with Crippen LogP contribution in [0.5, 0.6) is 6.01 Å². The Morgan fingerprint density at radius 1 is 1.15 bits per heavy atom. The highest BCUT2D eigenvalue weighted by molar-refractivity contribution is 7.81. The first-order chi connectivity index (χ1) is 16.4. The van der Waals surface area contributed by atoms with Crippen LogP contribution >= 0.6 is 12.6 Å². The van der Waals surface area contributed by atoms with E-state index in [-0.39, 0.29) is 30.7 Å². The number of ether oxygens (including phenoxy) is 1. The van der Waals surface area contributed by atoms with Crippen LogP contribution in [0.1, 0.15) is 51.1 Å². The Kier molecular flexibility index (Phi) is 9.16. The molecule has 1 aromatic heterocycles. The largest absolute Gasteiger partial charge is 0.465 e. The fraction of sp³-hybridized carbons (Fsp3) is 0.407. The molecule has 0 aliphatic heterocycles. The lowest BCUT2D eigenvalue weighted by Gasteiger charge is -2.18. The van der Waals surface area contributed by atoms with E-state index in [4.69, 9.17) is 4.74 Å². The fourth-order valence-corrected chi connectivity index (χ4v) is 4.17. The third-order valence-corrected chi connectivity index (χ3v) is 6.85. The van der Waals surface area contributed by atoms with Crippen LogP contribution in [0.25, 0.3) is 11.1 Å². The third-order valence-electron chi connectivity index (χ3n) is 6.10. The van der Waals surface area contributed by atoms with Crippen molar-refractivity contribution in [1.82, 2.24) is 14.9 Å². The number of imidazole rings is 1. The summed E-state index contributed by atoms with van der Waals surface area (Å²) in [5.74, 6) is -0.236. The van der Waals surface area contributed by atoms with Crippen molar-refractivity contribution in [3.05, 3.63) is 71.3 Å². The number of thiol groups is 1. The van der Waals surface area contributed by atoms with E-state index in [9.17, 15) is 4.79 Å². The van der Waals surface area contributed by atoms with Crippen molar-refractivity contribution in [3.8, 4) is 17.1 Å². The molecule has 1 amide bonds. The summed E-state index contributed by atoms with van der Waals surface area (Å²) in [5.41, 5.74) is 3.54. The van der Waals surface area contributed by atoms with Gasteiger partial charge in [0.25, 0.3) is 6.01 Å². The average molecular weight is 484 g/mol. The first-order valence-electron chi connectivity index (χ1n) is 11.9. The van der Waals surface area contributed by atoms with Crippen LogP contribution in [0, 0.1) is 11.7 Å². The maximum atomic E-state index is 15.6. The minimum atomic E-state index is -0.391. The van der Waals surface area contributed by atoms with Crippen LogP contribution in [0.3, 0.4) is 0 Å². The van der Waals surface area contributed by atoms with Gasteiger partial charge in [0.1, 0.15) is 5.82 Å². The number of aromatic nitrogens is 2. The normalized spacial score (nSPS) is 12.9. The molecule has 1 heterocycles. The van der Waals surface area contributed by atoms with E-state index in [1.54, 1.807) is 12.1 Å². The first kappa shape index (κ1) is 25.8. The van der Waals surface area contributed by atoms with E-state index in [1.807, 2.05) is 68.7 Å². The number of halogens is 1. The standard InChI is InChI=1S/C27H34FN3O2S/c1-5-18(4)25(34)26(32)29-16-23-22(6-2)30-27(33-7-3)31(23)17-20-14-11-15-21(24(20)28)19-12-9-8-10-13-19/h8-15,18,25,34H,5-7,16-17H2,1-4H3,(H,29,32)/t18-,25+/m1/s1. The molecule has 0 saturated heterocycles. The summed E-state index contributed by atoms with van der Waals surface area (Å²) in [6.07, 6.45) is 1.53. The third kappa shape index (κ3) is 5.81. The van der Waals surface area contributed by atoms with Crippen LogP contribution in [0.4, 0.5) is 4.39 Å². The number of carbonyl (C=O) groups is 1. The quantitative estimate of drug-likeness (QED) is 0.346. The zero-order valence-corrected chi connectivity index (χ0v) is 21.2. The molecule has 0 aliphatic carbocycles. The molecular weight excluding hydrogens is 449 g/mol. The average Bonchev–Trinajstić information content (AvgIpc) is 3.19. The summed E-state index contributed by atoms with van der Waals surface area (Å²) < 4.78 is 23.2. The molecule has 0 fully saturated rings. The first-order valence-corrected chi connectivity index (χ1v) is 12.4. The van der Waals surface area contributed by atoms with Crippen LogP contribution in [0.15, 0.2) is 48.5 Å². The van der Waals surface area contributed by atoms with Gasteiger partial charge in [0.2, 0.25) is 5.91 Å². The number of amides is 1. The van der Waals surface area contributed by atoms with Gasteiger partial charge in [0.15, 0.2) is 0 Å². The zero-order chi connectivity index (χ0) is 24.7. The maximum absolute atomic E-state index is 15.6. The van der Waals surface area contributed by atoms with E-state index >= 15 is 4.39 Å². The van der Waals surface area contributed by atoms with Crippen LogP contribution < -0.4 is 10.1 Å². The number of carbonyl (C=O) groups excluding carboxylic acids is 1. The molecule has 2 aromatic carbocycles. The molecule has 5 nitrogen and oxygen atoms in total. The van der Waals surface area contributed by atoms with Gasteiger partial charge in [-0.25, -0.2) is 4.39 Å². The van der Waals surface area contributed by atoms with E-state index in [2.05, 4.69) is 22.9 Å². The summed E-state index contributed by atoms with van der Waals surface area (Å²) in [6, 6.07) is 15.3. The van der Waals surface area contributed by atoms with Gasteiger partial charge in [-0.2, -0.15) is 17.6 Å². The predicted molar refractivity (Wildman–Crippen MR) is 138 cm³/mol. The number of nitrogens with zero attached hydrogens (tertiary/aromatic N) is 2. The molecule has 0 radical (unpaired) electrons. The second-order valence-electron chi connectivity index (χ2n) is 8.35. The number of hydrogen-bond donors (Lipinski definition) is 2. The second-order valence-corrected chi connectivity index (χ2v) is 8.91. The minimum absolute atomic E-state index is 0.122. The molecule has 0 aliphatic rings. The van der Waals surface area contributed by atoms with Gasteiger partial charge in [0, 0.05) is 11.1 Å². The molecule has 34 heavy (non-hydrogen) atoms. The lowest BCUT2D eigenvalue weighted by atomic mass is 10.0. The monoisotopic (exact) mass is 483 g/mol. The van der Waals surface area contributed by atoms with E-state index < -0.39 is 5.25 Å². The Balaban J connectivity index is 1.95. The lowest BCUT2D eigenvalue weighted by Crippen LogP contribution is -2.35. The molecule has 1 N–H and O–H groups in total. The van der Waals surface area contributed by atoms with Crippen molar-refractivity contribution in [2.75, 3.05) is 6.61 Å². The van der Waals surface area contributed by atoms with Gasteiger partial charge in [-0.1, -0.05) is 75.7 Å². The fourth-order valence-electron chi connectivity index (χ4n) is 3.86. The van der Waals surface area contributed by atoms with Crippen LogP contribution in [-0.4, -0.2) is 27.3 Å². The molecule has 0 bridgehead atoms. The van der Waals surface area contributed by atoms with E-state index in [0.29, 0.717) is 30.2 Å². The van der Waals surface area contributed by atoms with Crippen molar-refractivity contribution in [3.63, 3.8) is 0 Å². The van der Waals surface area contributed by atoms with Gasteiger partial charge < -0.3 is 10.1 Å². The van der Waals surface area contributed by atoms with Gasteiger partial charge in [-0.05, 0) is 24.8 Å². The number of aryl methyl sites for hydroxylation is 1. The molecule has 0 unspecified atom stereocenters. The minimum Gasteiger partial charge on any atom is -0.465 e. The number of hydrogen-bond acceptors (Lipinski definition) is 4. The lowest BCUT2D eigenvalue weighted by molar-refractivity contribution is -0.121. The Labute approximate surface area is 207 Å². The molecule has 0 spiro atoms. The molecule has 182 valence electrons. The summed E-state index contributed by atoms with van der Waals surface area (Å²) in [7, 11) is 0. The smallest absolute Gasteiger partial charge is 0.297 e. The zero-order valence-electron chi connectivity index (χ0n) is 20.3. The summed E-state index contributed by atoms with van der Waals surface area (Å²) >= 11 is 4.49. The molecule has 3 aromatic rings. The molecule has 3 rings (SSSR count). The van der Waals surface area contributed by atoms with Crippen molar-refractivity contribution >= 4 is 18.5 Å². The van der Waals surface area contributed by atoms with Crippen LogP contribution in [0.2, 0.25) is 0 Å².